The number of nitrogens with zero attached hydrogens (tertiary/aromatic N) is 2. The molecule has 0 saturated heterocycles. The van der Waals surface area contributed by atoms with Gasteiger partial charge in [0.1, 0.15) is 5.03 Å². The van der Waals surface area contributed by atoms with E-state index in [9.17, 15) is 4.79 Å². The van der Waals surface area contributed by atoms with Crippen LogP contribution in [0.25, 0.3) is 0 Å². The van der Waals surface area contributed by atoms with Crippen LogP contribution in [0.15, 0.2) is 29.3 Å². The number of amides is 1. The lowest BCUT2D eigenvalue weighted by atomic mass is 10.4. The molecule has 2 aromatic heterocycles. The molecule has 0 spiro atoms. The lowest BCUT2D eigenvalue weighted by molar-refractivity contribution is -0.118. The molecule has 19 heavy (non-hydrogen) atoms. The summed E-state index contributed by atoms with van der Waals surface area (Å²) >= 11 is 8.66. The van der Waals surface area contributed by atoms with E-state index in [-0.39, 0.29) is 5.91 Å². The first kappa shape index (κ1) is 14.3. The minimum atomic E-state index is -0.0206. The molecule has 2 aromatic rings. The van der Waals surface area contributed by atoms with Crippen molar-refractivity contribution in [3.05, 3.63) is 39.2 Å². The summed E-state index contributed by atoms with van der Waals surface area (Å²) in [6.07, 6.45) is 0. The van der Waals surface area contributed by atoms with Gasteiger partial charge in [-0.15, -0.1) is 21.5 Å². The fourth-order valence-corrected chi connectivity index (χ4v) is 2.91. The molecule has 100 valence electrons. The van der Waals surface area contributed by atoms with Crippen molar-refractivity contribution in [3.8, 4) is 0 Å². The van der Waals surface area contributed by atoms with Gasteiger partial charge in [-0.1, -0.05) is 23.4 Å². The van der Waals surface area contributed by atoms with Gasteiger partial charge in [-0.25, -0.2) is 0 Å². The molecule has 1 amide bonds. The smallest absolute Gasteiger partial charge is 0.230 e. The Morgan fingerprint density at radius 2 is 2.21 bits per heavy atom. The topological polar surface area (TPSA) is 54.9 Å². The highest BCUT2D eigenvalue weighted by atomic mass is 35.5. The molecule has 0 aliphatic heterocycles. The van der Waals surface area contributed by atoms with Crippen molar-refractivity contribution in [2.45, 2.75) is 18.5 Å². The molecule has 4 nitrogen and oxygen atoms in total. The molecule has 2 heterocycles. The Balaban J connectivity index is 1.74. The molecule has 0 atom stereocenters. The van der Waals surface area contributed by atoms with Crippen LogP contribution in [0, 0.1) is 6.92 Å². The van der Waals surface area contributed by atoms with Gasteiger partial charge in [-0.3, -0.25) is 4.79 Å². The van der Waals surface area contributed by atoms with Crippen LogP contribution in [0.3, 0.4) is 0 Å². The number of aryl methyl sites for hydroxylation is 1. The number of nitrogens with one attached hydrogen (secondary N) is 1. The molecular weight excluding hydrogens is 302 g/mol. The average molecular weight is 314 g/mol. The Labute approximate surface area is 124 Å². The average Bonchev–Trinajstić information content (AvgIpc) is 2.81. The van der Waals surface area contributed by atoms with Gasteiger partial charge in [0.05, 0.1) is 12.3 Å². The van der Waals surface area contributed by atoms with Crippen molar-refractivity contribution < 1.29 is 4.79 Å². The Bertz CT molecular complexity index is 556. The molecule has 1 N–H and O–H groups in total. The van der Waals surface area contributed by atoms with Crippen LogP contribution in [0.4, 0.5) is 0 Å². The van der Waals surface area contributed by atoms with Gasteiger partial charge < -0.3 is 5.32 Å². The monoisotopic (exact) mass is 313 g/mol. The lowest BCUT2D eigenvalue weighted by Gasteiger charge is -2.03. The lowest BCUT2D eigenvalue weighted by Crippen LogP contribution is -2.24. The summed E-state index contributed by atoms with van der Waals surface area (Å²) in [5, 5.41) is 11.5. The molecule has 0 saturated carbocycles. The van der Waals surface area contributed by atoms with Gasteiger partial charge in [0, 0.05) is 9.75 Å². The summed E-state index contributed by atoms with van der Waals surface area (Å²) in [7, 11) is 0. The van der Waals surface area contributed by atoms with Crippen molar-refractivity contribution in [1.82, 2.24) is 15.5 Å². The minimum absolute atomic E-state index is 0.0206. The molecule has 0 fully saturated rings. The number of halogens is 1. The van der Waals surface area contributed by atoms with Crippen LogP contribution in [-0.2, 0) is 11.3 Å². The quantitative estimate of drug-likeness (QED) is 0.862. The van der Waals surface area contributed by atoms with Gasteiger partial charge in [-0.2, -0.15) is 0 Å². The first-order valence-corrected chi connectivity index (χ1v) is 7.75. The van der Waals surface area contributed by atoms with E-state index in [1.165, 1.54) is 16.6 Å². The summed E-state index contributed by atoms with van der Waals surface area (Å²) in [6.45, 7) is 2.62. The van der Waals surface area contributed by atoms with Crippen molar-refractivity contribution in [1.29, 1.82) is 0 Å². The van der Waals surface area contributed by atoms with Crippen LogP contribution < -0.4 is 5.32 Å². The Hall–Kier alpha value is -1.11. The number of thiophene rings is 1. The normalized spacial score (nSPS) is 10.4. The zero-order valence-electron chi connectivity index (χ0n) is 10.2. The largest absolute Gasteiger partial charge is 0.350 e. The van der Waals surface area contributed by atoms with Gasteiger partial charge in [0.2, 0.25) is 5.91 Å². The SMILES string of the molecule is Cc1ccc(CNC(=O)CSc2ccc(Cl)nn2)s1. The molecular formula is C12H12ClN3OS2. The van der Waals surface area contributed by atoms with Crippen LogP contribution in [0.5, 0.6) is 0 Å². The third kappa shape index (κ3) is 4.81. The maximum Gasteiger partial charge on any atom is 0.230 e. The molecule has 0 bridgehead atoms. The standard InChI is InChI=1S/C12H12ClN3OS2/c1-8-2-3-9(19-8)6-14-11(17)7-18-12-5-4-10(13)15-16-12/h2-5H,6-7H2,1H3,(H,14,17). The fourth-order valence-electron chi connectivity index (χ4n) is 1.34. The van der Waals surface area contributed by atoms with Crippen molar-refractivity contribution in [2.24, 2.45) is 0 Å². The van der Waals surface area contributed by atoms with Crippen molar-refractivity contribution >= 4 is 40.6 Å². The molecule has 2 rings (SSSR count). The highest BCUT2D eigenvalue weighted by Gasteiger charge is 2.05. The third-order valence-corrected chi connectivity index (χ3v) is 4.34. The highest BCUT2D eigenvalue weighted by molar-refractivity contribution is 7.99. The second-order valence-electron chi connectivity index (χ2n) is 3.77. The van der Waals surface area contributed by atoms with E-state index < -0.39 is 0 Å². The number of carbonyl (C=O) groups is 1. The number of hydrogen-bond acceptors (Lipinski definition) is 5. The van der Waals surface area contributed by atoms with E-state index in [2.05, 4.69) is 15.5 Å². The third-order valence-electron chi connectivity index (χ3n) is 2.21. The number of thioether (sulfide) groups is 1. The van der Waals surface area contributed by atoms with E-state index >= 15 is 0 Å². The molecule has 7 heteroatoms. The molecule has 0 aliphatic rings. The Kier molecular flexibility index (Phi) is 5.18. The van der Waals surface area contributed by atoms with Crippen LogP contribution in [-0.4, -0.2) is 21.9 Å². The number of rotatable bonds is 5. The van der Waals surface area contributed by atoms with E-state index in [1.807, 2.05) is 19.1 Å². The zero-order valence-corrected chi connectivity index (χ0v) is 12.6. The number of carbonyl (C=O) groups excluding carboxylic acids is 1. The fraction of sp³-hybridized carbons (Fsp3) is 0.250. The van der Waals surface area contributed by atoms with Gasteiger partial charge in [0.25, 0.3) is 0 Å². The maximum atomic E-state index is 11.7. The number of aromatic nitrogens is 2. The maximum absolute atomic E-state index is 11.7. The van der Waals surface area contributed by atoms with Crippen molar-refractivity contribution in [3.63, 3.8) is 0 Å². The van der Waals surface area contributed by atoms with Gasteiger partial charge in [0.15, 0.2) is 5.15 Å². The van der Waals surface area contributed by atoms with Crippen LogP contribution in [0.1, 0.15) is 9.75 Å². The summed E-state index contributed by atoms with van der Waals surface area (Å²) in [5.41, 5.74) is 0. The molecule has 0 unspecified atom stereocenters. The molecule has 0 radical (unpaired) electrons. The first-order chi connectivity index (χ1) is 9.13. The molecule has 0 aliphatic carbocycles. The predicted molar refractivity (Wildman–Crippen MR) is 78.7 cm³/mol. The summed E-state index contributed by atoms with van der Waals surface area (Å²) in [4.78, 5) is 14.1. The van der Waals surface area contributed by atoms with Crippen molar-refractivity contribution in [2.75, 3.05) is 5.75 Å². The second kappa shape index (κ2) is 6.88. The van der Waals surface area contributed by atoms with E-state index in [1.54, 1.807) is 23.5 Å². The second-order valence-corrected chi connectivity index (χ2v) is 6.53. The first-order valence-electron chi connectivity index (χ1n) is 5.57. The minimum Gasteiger partial charge on any atom is -0.350 e. The summed E-state index contributed by atoms with van der Waals surface area (Å²) in [5.74, 6) is 0.300. The summed E-state index contributed by atoms with van der Waals surface area (Å²) in [6, 6.07) is 7.47. The number of hydrogen-bond donors (Lipinski definition) is 1. The van der Waals surface area contributed by atoms with E-state index in [0.717, 1.165) is 4.88 Å². The Morgan fingerprint density at radius 3 is 2.84 bits per heavy atom. The van der Waals surface area contributed by atoms with Gasteiger partial charge in [-0.05, 0) is 31.2 Å². The van der Waals surface area contributed by atoms with E-state index in [0.29, 0.717) is 22.5 Å². The summed E-state index contributed by atoms with van der Waals surface area (Å²) < 4.78 is 0. The van der Waals surface area contributed by atoms with E-state index in [4.69, 9.17) is 11.6 Å². The Morgan fingerprint density at radius 1 is 1.37 bits per heavy atom. The highest BCUT2D eigenvalue weighted by Crippen LogP contribution is 2.16. The van der Waals surface area contributed by atoms with Crippen LogP contribution >= 0.6 is 34.7 Å². The van der Waals surface area contributed by atoms with Gasteiger partial charge >= 0.3 is 0 Å². The predicted octanol–water partition coefficient (Wildman–Crippen LogP) is 2.91. The zero-order chi connectivity index (χ0) is 13.7. The van der Waals surface area contributed by atoms with Crippen LogP contribution in [0.2, 0.25) is 5.15 Å². The molecule has 0 aromatic carbocycles.